The summed E-state index contributed by atoms with van der Waals surface area (Å²) in [5, 5.41) is 2.87. The van der Waals surface area contributed by atoms with E-state index < -0.39 is 11.6 Å². The summed E-state index contributed by atoms with van der Waals surface area (Å²) in [6.07, 6.45) is 0. The Kier molecular flexibility index (Phi) is 4.98. The summed E-state index contributed by atoms with van der Waals surface area (Å²) in [7, 11) is 3.26. The van der Waals surface area contributed by atoms with Crippen molar-refractivity contribution in [1.82, 2.24) is 5.32 Å². The minimum atomic E-state index is -0.564. The first kappa shape index (κ1) is 14.8. The van der Waals surface area contributed by atoms with Gasteiger partial charge in [-0.25, -0.2) is 8.78 Å². The van der Waals surface area contributed by atoms with Crippen LogP contribution in [0, 0.1) is 11.6 Å². The second-order valence-corrected chi connectivity index (χ2v) is 5.22. The molecule has 0 aliphatic rings. The van der Waals surface area contributed by atoms with Gasteiger partial charge >= 0.3 is 0 Å². The van der Waals surface area contributed by atoms with Crippen molar-refractivity contribution in [3.63, 3.8) is 0 Å². The molecule has 106 valence electrons. The first-order chi connectivity index (χ1) is 9.65. The van der Waals surface area contributed by atoms with E-state index in [4.69, 9.17) is 4.74 Å². The van der Waals surface area contributed by atoms with Crippen LogP contribution in [0.2, 0.25) is 0 Å². The molecule has 0 saturated heterocycles. The molecule has 2 aromatic carbocycles. The Bertz CT molecular complexity index is 581. The van der Waals surface area contributed by atoms with Crippen LogP contribution in [0.5, 0.6) is 5.75 Å². The topological polar surface area (TPSA) is 21.3 Å². The van der Waals surface area contributed by atoms with Gasteiger partial charge in [0.1, 0.15) is 17.4 Å². The third-order valence-corrected chi connectivity index (χ3v) is 3.87. The largest absolute Gasteiger partial charge is 0.496 e. The lowest BCUT2D eigenvalue weighted by molar-refractivity contribution is 0.404. The number of nitrogens with one attached hydrogen (secondary N) is 1. The first-order valence-electron chi connectivity index (χ1n) is 6.09. The van der Waals surface area contributed by atoms with E-state index >= 15 is 0 Å². The summed E-state index contributed by atoms with van der Waals surface area (Å²) in [6, 6.07) is 9.83. The van der Waals surface area contributed by atoms with Gasteiger partial charge in [0, 0.05) is 6.54 Å². The maximum atomic E-state index is 14.0. The number of para-hydroxylation sites is 1. The molecule has 0 saturated carbocycles. The van der Waals surface area contributed by atoms with Gasteiger partial charge in [-0.1, -0.05) is 23.9 Å². The Hall–Kier alpha value is -1.59. The van der Waals surface area contributed by atoms with Gasteiger partial charge < -0.3 is 10.1 Å². The van der Waals surface area contributed by atoms with Crippen LogP contribution in [0.1, 0.15) is 5.56 Å². The third-order valence-electron chi connectivity index (χ3n) is 2.72. The van der Waals surface area contributed by atoms with Gasteiger partial charge in [0.25, 0.3) is 0 Å². The molecule has 0 aromatic heterocycles. The number of halogens is 2. The van der Waals surface area contributed by atoms with Crippen LogP contribution in [-0.4, -0.2) is 14.2 Å². The van der Waals surface area contributed by atoms with Gasteiger partial charge in [0.15, 0.2) is 0 Å². The van der Waals surface area contributed by atoms with E-state index in [-0.39, 0.29) is 4.90 Å². The molecular formula is C15H15F2NOS. The van der Waals surface area contributed by atoms with E-state index in [2.05, 4.69) is 5.32 Å². The van der Waals surface area contributed by atoms with E-state index in [0.717, 1.165) is 11.8 Å². The van der Waals surface area contributed by atoms with Crippen molar-refractivity contribution in [3.8, 4) is 5.75 Å². The van der Waals surface area contributed by atoms with Crippen molar-refractivity contribution in [2.75, 3.05) is 14.2 Å². The third kappa shape index (κ3) is 3.29. The lowest BCUT2D eigenvalue weighted by Gasteiger charge is -2.10. The van der Waals surface area contributed by atoms with Gasteiger partial charge in [-0.2, -0.15) is 0 Å². The zero-order valence-electron chi connectivity index (χ0n) is 11.2. The summed E-state index contributed by atoms with van der Waals surface area (Å²) in [4.78, 5) is 0.656. The van der Waals surface area contributed by atoms with E-state index in [1.165, 1.54) is 19.2 Å². The summed E-state index contributed by atoms with van der Waals surface area (Å²) in [5.74, 6) is -0.534. The fourth-order valence-corrected chi connectivity index (χ4v) is 2.76. The normalized spacial score (nSPS) is 10.6. The van der Waals surface area contributed by atoms with Crippen molar-refractivity contribution in [2.24, 2.45) is 0 Å². The van der Waals surface area contributed by atoms with E-state index in [1.54, 1.807) is 25.2 Å². The summed E-state index contributed by atoms with van der Waals surface area (Å²) in [5.41, 5.74) is 0.576. The molecule has 20 heavy (non-hydrogen) atoms. The van der Waals surface area contributed by atoms with Crippen molar-refractivity contribution < 1.29 is 13.5 Å². The average Bonchev–Trinajstić information content (AvgIpc) is 2.43. The van der Waals surface area contributed by atoms with Crippen molar-refractivity contribution >= 4 is 11.8 Å². The molecule has 2 aromatic rings. The van der Waals surface area contributed by atoms with Crippen LogP contribution in [0.15, 0.2) is 46.2 Å². The quantitative estimate of drug-likeness (QED) is 0.905. The molecule has 0 radical (unpaired) electrons. The number of hydrogen-bond acceptors (Lipinski definition) is 3. The van der Waals surface area contributed by atoms with Gasteiger partial charge in [-0.3, -0.25) is 0 Å². The van der Waals surface area contributed by atoms with Crippen LogP contribution in [0.3, 0.4) is 0 Å². The minimum Gasteiger partial charge on any atom is -0.496 e. The van der Waals surface area contributed by atoms with Gasteiger partial charge in [0.2, 0.25) is 0 Å². The molecule has 0 aliphatic heterocycles. The van der Waals surface area contributed by atoms with Crippen molar-refractivity contribution in [1.29, 1.82) is 0 Å². The predicted molar refractivity (Wildman–Crippen MR) is 76.2 cm³/mol. The molecule has 0 unspecified atom stereocenters. The molecule has 0 spiro atoms. The Morgan fingerprint density at radius 1 is 1.15 bits per heavy atom. The smallest absolute Gasteiger partial charge is 0.140 e. The Labute approximate surface area is 121 Å². The molecule has 1 N–H and O–H groups in total. The fraction of sp³-hybridized carbons (Fsp3) is 0.200. The lowest BCUT2D eigenvalue weighted by Crippen LogP contribution is -2.06. The fourth-order valence-electron chi connectivity index (χ4n) is 1.83. The summed E-state index contributed by atoms with van der Waals surface area (Å²) >= 11 is 1.02. The lowest BCUT2D eigenvalue weighted by atomic mass is 10.2. The minimum absolute atomic E-state index is 0.0191. The molecule has 2 rings (SSSR count). The van der Waals surface area contributed by atoms with Gasteiger partial charge in [-0.05, 0) is 36.9 Å². The number of ether oxygens (including phenoxy) is 1. The number of rotatable bonds is 5. The molecule has 2 nitrogen and oxygen atoms in total. The number of methoxy groups -OCH3 is 1. The van der Waals surface area contributed by atoms with Gasteiger partial charge in [0.05, 0.1) is 16.9 Å². The highest BCUT2D eigenvalue weighted by Gasteiger charge is 2.14. The molecule has 0 bridgehead atoms. The second kappa shape index (κ2) is 6.72. The maximum Gasteiger partial charge on any atom is 0.140 e. The molecule has 0 amide bonds. The zero-order valence-corrected chi connectivity index (χ0v) is 12.1. The second-order valence-electron chi connectivity index (χ2n) is 4.17. The van der Waals surface area contributed by atoms with Crippen molar-refractivity contribution in [3.05, 3.63) is 53.6 Å². The molecule has 0 atom stereocenters. The van der Waals surface area contributed by atoms with Crippen molar-refractivity contribution in [2.45, 2.75) is 16.3 Å². The Morgan fingerprint density at radius 2 is 1.80 bits per heavy atom. The maximum absolute atomic E-state index is 14.0. The number of hydrogen-bond donors (Lipinski definition) is 1. The van der Waals surface area contributed by atoms with Crippen LogP contribution < -0.4 is 10.1 Å². The zero-order chi connectivity index (χ0) is 14.5. The highest BCUT2D eigenvalue weighted by Crippen LogP contribution is 2.37. The van der Waals surface area contributed by atoms with Crippen LogP contribution >= 0.6 is 11.8 Å². The average molecular weight is 295 g/mol. The first-order valence-corrected chi connectivity index (χ1v) is 6.90. The Morgan fingerprint density at radius 3 is 2.40 bits per heavy atom. The van der Waals surface area contributed by atoms with Gasteiger partial charge in [-0.15, -0.1) is 0 Å². The number of benzene rings is 2. The Balaban J connectivity index is 2.34. The highest BCUT2D eigenvalue weighted by atomic mass is 32.2. The molecule has 0 heterocycles. The summed E-state index contributed by atoms with van der Waals surface area (Å²) < 4.78 is 33.2. The van der Waals surface area contributed by atoms with Crippen LogP contribution in [0.4, 0.5) is 8.78 Å². The monoisotopic (exact) mass is 295 g/mol. The molecular weight excluding hydrogens is 280 g/mol. The predicted octanol–water partition coefficient (Wildman–Crippen LogP) is 3.84. The van der Waals surface area contributed by atoms with Crippen LogP contribution in [0.25, 0.3) is 0 Å². The van der Waals surface area contributed by atoms with Crippen LogP contribution in [-0.2, 0) is 6.54 Å². The van der Waals surface area contributed by atoms with E-state index in [9.17, 15) is 8.78 Å². The standard InChI is InChI=1S/C15H15F2NOS/c1-18-9-10-7-11(16)15(12(17)8-10)20-14-6-4-3-5-13(14)19-2/h3-8,18H,9H2,1-2H3. The summed E-state index contributed by atoms with van der Waals surface area (Å²) in [6.45, 7) is 0.424. The van der Waals surface area contributed by atoms with E-state index in [0.29, 0.717) is 22.8 Å². The molecule has 0 fully saturated rings. The van der Waals surface area contributed by atoms with E-state index in [1.807, 2.05) is 6.07 Å². The molecule has 5 heteroatoms. The highest BCUT2D eigenvalue weighted by molar-refractivity contribution is 7.99. The molecule has 0 aliphatic carbocycles. The SMILES string of the molecule is CNCc1cc(F)c(Sc2ccccc2OC)c(F)c1.